The van der Waals surface area contributed by atoms with Crippen LogP contribution >= 0.6 is 11.8 Å². The quantitative estimate of drug-likeness (QED) is 0.581. The maximum absolute atomic E-state index is 12.9. The van der Waals surface area contributed by atoms with Crippen LogP contribution in [0.4, 0.5) is 10.1 Å². The number of carbonyl (C=O) groups is 1. The zero-order valence-electron chi connectivity index (χ0n) is 7.30. The van der Waals surface area contributed by atoms with Gasteiger partial charge in [-0.2, -0.15) is 0 Å². The summed E-state index contributed by atoms with van der Waals surface area (Å²) in [5.41, 5.74) is 5.23. The molecule has 0 spiro atoms. The van der Waals surface area contributed by atoms with Gasteiger partial charge in [0.1, 0.15) is 11.6 Å². The highest BCUT2D eigenvalue weighted by Gasteiger charge is 2.14. The van der Waals surface area contributed by atoms with Crippen molar-refractivity contribution in [3.8, 4) is 5.75 Å². The summed E-state index contributed by atoms with van der Waals surface area (Å²) in [5.74, 6) is -1.17. The summed E-state index contributed by atoms with van der Waals surface area (Å²) in [7, 11) is 1.32. The molecule has 0 unspecified atom stereocenters. The second kappa shape index (κ2) is 4.15. The van der Waals surface area contributed by atoms with Crippen LogP contribution in [0, 0.1) is 5.82 Å². The van der Waals surface area contributed by atoms with Gasteiger partial charge in [0.2, 0.25) is 0 Å². The third-order valence-corrected chi connectivity index (χ3v) is 1.82. The standard InChI is InChI=1S/C8H8ClFN2O2/c1-14-7-3-5(10)6(11)2-4(7)8(13)12-9/h2-3H,11H2,1H3,(H,12,13). The summed E-state index contributed by atoms with van der Waals surface area (Å²) in [6.07, 6.45) is 0. The molecule has 1 aromatic carbocycles. The summed E-state index contributed by atoms with van der Waals surface area (Å²) in [6, 6.07) is 2.18. The maximum atomic E-state index is 12.9. The number of nitrogen functional groups attached to an aromatic ring is 1. The van der Waals surface area contributed by atoms with E-state index in [-0.39, 0.29) is 17.0 Å². The van der Waals surface area contributed by atoms with Crippen molar-refractivity contribution in [2.45, 2.75) is 0 Å². The molecule has 1 amide bonds. The van der Waals surface area contributed by atoms with Crippen LogP contribution in [-0.4, -0.2) is 13.0 Å². The predicted molar refractivity (Wildman–Crippen MR) is 50.7 cm³/mol. The van der Waals surface area contributed by atoms with Crippen LogP contribution in [-0.2, 0) is 0 Å². The van der Waals surface area contributed by atoms with Crippen molar-refractivity contribution in [2.24, 2.45) is 0 Å². The third-order valence-electron chi connectivity index (χ3n) is 1.65. The number of amides is 1. The highest BCUT2D eigenvalue weighted by atomic mass is 35.5. The molecule has 76 valence electrons. The van der Waals surface area contributed by atoms with Crippen molar-refractivity contribution in [1.82, 2.24) is 4.84 Å². The summed E-state index contributed by atoms with van der Waals surface area (Å²) >= 11 is 5.12. The van der Waals surface area contributed by atoms with Crippen molar-refractivity contribution in [3.05, 3.63) is 23.5 Å². The molecule has 0 saturated heterocycles. The molecule has 0 atom stereocenters. The Morgan fingerprint density at radius 1 is 1.64 bits per heavy atom. The van der Waals surface area contributed by atoms with E-state index >= 15 is 0 Å². The van der Waals surface area contributed by atoms with Crippen molar-refractivity contribution < 1.29 is 13.9 Å². The Bertz CT molecular complexity index is 371. The molecule has 6 heteroatoms. The molecule has 0 radical (unpaired) electrons. The smallest absolute Gasteiger partial charge is 0.269 e. The lowest BCUT2D eigenvalue weighted by Crippen LogP contribution is -2.14. The molecule has 0 aromatic heterocycles. The molecular formula is C8H8ClFN2O2. The molecule has 0 saturated carbocycles. The Morgan fingerprint density at radius 2 is 2.29 bits per heavy atom. The molecule has 3 N–H and O–H groups in total. The molecule has 0 bridgehead atoms. The van der Waals surface area contributed by atoms with E-state index in [9.17, 15) is 9.18 Å². The minimum Gasteiger partial charge on any atom is -0.496 e. The first-order valence-corrected chi connectivity index (χ1v) is 4.02. The van der Waals surface area contributed by atoms with Gasteiger partial charge in [-0.25, -0.2) is 4.39 Å². The van der Waals surface area contributed by atoms with Crippen LogP contribution in [0.2, 0.25) is 0 Å². The number of carbonyl (C=O) groups excluding carboxylic acids is 1. The molecule has 1 aromatic rings. The van der Waals surface area contributed by atoms with E-state index in [1.54, 1.807) is 0 Å². The maximum Gasteiger partial charge on any atom is 0.269 e. The van der Waals surface area contributed by atoms with E-state index in [1.165, 1.54) is 7.11 Å². The SMILES string of the molecule is COc1cc(F)c(N)cc1C(=O)NCl. The summed E-state index contributed by atoms with van der Waals surface area (Å²) < 4.78 is 17.7. The van der Waals surface area contributed by atoms with Crippen LogP contribution in [0.5, 0.6) is 5.75 Å². The monoisotopic (exact) mass is 218 g/mol. The third kappa shape index (κ3) is 1.88. The van der Waals surface area contributed by atoms with Crippen molar-refractivity contribution in [3.63, 3.8) is 0 Å². The Labute approximate surface area is 84.9 Å². The average Bonchev–Trinajstić information content (AvgIpc) is 2.20. The number of rotatable bonds is 2. The zero-order chi connectivity index (χ0) is 10.7. The normalized spacial score (nSPS) is 9.64. The van der Waals surface area contributed by atoms with E-state index in [0.29, 0.717) is 0 Å². The van der Waals surface area contributed by atoms with E-state index in [2.05, 4.69) is 0 Å². The summed E-state index contributed by atoms with van der Waals surface area (Å²) in [6.45, 7) is 0. The molecule has 14 heavy (non-hydrogen) atoms. The van der Waals surface area contributed by atoms with Crippen LogP contribution in [0.3, 0.4) is 0 Å². The number of nitrogens with one attached hydrogen (secondary N) is 1. The lowest BCUT2D eigenvalue weighted by molar-refractivity contribution is 0.0979. The van der Waals surface area contributed by atoms with Crippen molar-refractivity contribution >= 4 is 23.4 Å². The molecule has 0 heterocycles. The fourth-order valence-corrected chi connectivity index (χ4v) is 1.07. The Kier molecular flexibility index (Phi) is 3.14. The number of hydrogen-bond acceptors (Lipinski definition) is 3. The Balaban J connectivity index is 3.27. The number of hydrogen-bond donors (Lipinski definition) is 2. The van der Waals surface area contributed by atoms with Crippen LogP contribution in [0.15, 0.2) is 12.1 Å². The van der Waals surface area contributed by atoms with Gasteiger partial charge in [-0.3, -0.25) is 9.63 Å². The summed E-state index contributed by atoms with van der Waals surface area (Å²) in [5, 5.41) is 0. The van der Waals surface area contributed by atoms with Crippen molar-refractivity contribution in [1.29, 1.82) is 0 Å². The summed E-state index contributed by atoms with van der Waals surface area (Å²) in [4.78, 5) is 13.0. The fraction of sp³-hybridized carbons (Fsp3) is 0.125. The van der Waals surface area contributed by atoms with Gasteiger partial charge in [-0.05, 0) is 6.07 Å². The first-order chi connectivity index (χ1) is 6.60. The van der Waals surface area contributed by atoms with E-state index in [0.717, 1.165) is 12.1 Å². The number of ether oxygens (including phenoxy) is 1. The molecule has 1 rings (SSSR count). The number of anilines is 1. The lowest BCUT2D eigenvalue weighted by Gasteiger charge is -2.07. The highest BCUT2D eigenvalue weighted by molar-refractivity contribution is 6.24. The van der Waals surface area contributed by atoms with Gasteiger partial charge in [0.15, 0.2) is 0 Å². The Hall–Kier alpha value is -1.49. The van der Waals surface area contributed by atoms with Gasteiger partial charge in [-0.15, -0.1) is 0 Å². The average molecular weight is 219 g/mol. The van der Waals surface area contributed by atoms with E-state index in [4.69, 9.17) is 22.2 Å². The first-order valence-electron chi connectivity index (χ1n) is 3.64. The topological polar surface area (TPSA) is 64.3 Å². The van der Waals surface area contributed by atoms with Gasteiger partial charge >= 0.3 is 0 Å². The molecule has 0 aliphatic rings. The van der Waals surface area contributed by atoms with Crippen molar-refractivity contribution in [2.75, 3.05) is 12.8 Å². The molecule has 0 fully saturated rings. The second-order valence-corrected chi connectivity index (χ2v) is 2.69. The minimum atomic E-state index is -0.645. The first kappa shape index (κ1) is 10.6. The zero-order valence-corrected chi connectivity index (χ0v) is 8.06. The van der Waals surface area contributed by atoms with Crippen LogP contribution in [0.25, 0.3) is 0 Å². The highest BCUT2D eigenvalue weighted by Crippen LogP contribution is 2.24. The van der Waals surface area contributed by atoms with E-state index in [1.807, 2.05) is 4.84 Å². The van der Waals surface area contributed by atoms with Crippen LogP contribution < -0.4 is 15.3 Å². The fourth-order valence-electron chi connectivity index (χ4n) is 0.969. The van der Waals surface area contributed by atoms with Crippen LogP contribution in [0.1, 0.15) is 10.4 Å². The van der Waals surface area contributed by atoms with Gasteiger partial charge < -0.3 is 10.5 Å². The molecule has 0 aliphatic heterocycles. The number of benzene rings is 1. The predicted octanol–water partition coefficient (Wildman–Crippen LogP) is 1.30. The Morgan fingerprint density at radius 3 is 2.79 bits per heavy atom. The molecular weight excluding hydrogens is 211 g/mol. The number of halogens is 2. The van der Waals surface area contributed by atoms with Gasteiger partial charge in [0.25, 0.3) is 5.91 Å². The largest absolute Gasteiger partial charge is 0.496 e. The van der Waals surface area contributed by atoms with Gasteiger partial charge in [0.05, 0.1) is 18.4 Å². The lowest BCUT2D eigenvalue weighted by atomic mass is 10.1. The van der Waals surface area contributed by atoms with Gasteiger partial charge in [0, 0.05) is 17.8 Å². The molecule has 0 aliphatic carbocycles. The number of nitrogens with two attached hydrogens (primary N) is 1. The minimum absolute atomic E-state index is 0.0786. The number of methoxy groups -OCH3 is 1. The van der Waals surface area contributed by atoms with E-state index < -0.39 is 11.7 Å². The van der Waals surface area contributed by atoms with Gasteiger partial charge in [-0.1, -0.05) is 0 Å². The second-order valence-electron chi connectivity index (χ2n) is 2.50. The molecule has 4 nitrogen and oxygen atoms in total.